The largest absolute Gasteiger partial charge is 0.368 e. The Morgan fingerprint density at radius 1 is 0.828 bits per heavy atom. The predicted molar refractivity (Wildman–Crippen MR) is 109 cm³/mol. The summed E-state index contributed by atoms with van der Waals surface area (Å²) in [7, 11) is 0. The lowest BCUT2D eigenvalue weighted by molar-refractivity contribution is -0.131. The lowest BCUT2D eigenvalue weighted by Crippen LogP contribution is -2.51. The third-order valence-corrected chi connectivity index (χ3v) is 5.55. The fraction of sp³-hybridized carbons (Fsp3) is 0.364. The average Bonchev–Trinajstić information content (AvgIpc) is 3.09. The predicted octanol–water partition coefficient (Wildman–Crippen LogP) is 2.41. The molecule has 6 nitrogen and oxygen atoms in total. The first-order chi connectivity index (χ1) is 14.1. The Morgan fingerprint density at radius 3 is 2.17 bits per heavy atom. The summed E-state index contributed by atoms with van der Waals surface area (Å²) < 4.78 is 13.0. The second-order valence-corrected chi connectivity index (χ2v) is 7.46. The van der Waals surface area contributed by atoms with Crippen molar-refractivity contribution < 1.29 is 14.0 Å². The molecule has 2 aromatic carbocycles. The normalized spacial score (nSPS) is 17.2. The molecular weight excluding hydrogens is 371 g/mol. The molecule has 0 saturated carbocycles. The lowest BCUT2D eigenvalue weighted by Gasteiger charge is -2.36. The van der Waals surface area contributed by atoms with Crippen LogP contribution in [-0.2, 0) is 11.3 Å². The van der Waals surface area contributed by atoms with E-state index in [-0.39, 0.29) is 24.3 Å². The minimum Gasteiger partial charge on any atom is -0.368 e. The number of urea groups is 1. The molecule has 0 unspecified atom stereocenters. The van der Waals surface area contributed by atoms with Crippen LogP contribution in [-0.4, -0.2) is 72.5 Å². The molecule has 7 heteroatoms. The third kappa shape index (κ3) is 4.50. The van der Waals surface area contributed by atoms with Gasteiger partial charge < -0.3 is 19.6 Å². The highest BCUT2D eigenvalue weighted by molar-refractivity contribution is 5.85. The zero-order valence-corrected chi connectivity index (χ0v) is 16.3. The molecule has 2 saturated heterocycles. The van der Waals surface area contributed by atoms with Crippen molar-refractivity contribution in [1.29, 1.82) is 0 Å². The molecule has 2 aliphatic rings. The number of halogens is 1. The van der Waals surface area contributed by atoms with Gasteiger partial charge in [-0.15, -0.1) is 0 Å². The van der Waals surface area contributed by atoms with E-state index >= 15 is 0 Å². The highest BCUT2D eigenvalue weighted by Gasteiger charge is 2.31. The average molecular weight is 396 g/mol. The molecule has 2 aliphatic heterocycles. The maximum Gasteiger partial charge on any atom is 0.320 e. The summed E-state index contributed by atoms with van der Waals surface area (Å²) in [6.07, 6.45) is 0. The lowest BCUT2D eigenvalue weighted by atomic mass is 10.2. The van der Waals surface area contributed by atoms with Gasteiger partial charge in [0, 0.05) is 51.5 Å². The van der Waals surface area contributed by atoms with Crippen molar-refractivity contribution >= 4 is 17.6 Å². The van der Waals surface area contributed by atoms with Gasteiger partial charge >= 0.3 is 6.03 Å². The van der Waals surface area contributed by atoms with Gasteiger partial charge in [0.15, 0.2) is 0 Å². The van der Waals surface area contributed by atoms with Crippen LogP contribution in [0.2, 0.25) is 0 Å². The van der Waals surface area contributed by atoms with E-state index in [1.807, 2.05) is 23.1 Å². The van der Waals surface area contributed by atoms with Crippen molar-refractivity contribution in [2.24, 2.45) is 0 Å². The molecule has 0 aliphatic carbocycles. The minimum atomic E-state index is -0.291. The van der Waals surface area contributed by atoms with Crippen LogP contribution in [0.15, 0.2) is 54.6 Å². The van der Waals surface area contributed by atoms with E-state index < -0.39 is 0 Å². The van der Waals surface area contributed by atoms with Crippen LogP contribution in [0.3, 0.4) is 0 Å². The molecule has 152 valence electrons. The molecule has 0 spiro atoms. The molecule has 3 amide bonds. The van der Waals surface area contributed by atoms with Crippen molar-refractivity contribution in [2.45, 2.75) is 6.54 Å². The van der Waals surface area contributed by atoms with Gasteiger partial charge in [-0.3, -0.25) is 4.79 Å². The number of para-hydroxylation sites is 1. The Balaban J connectivity index is 1.27. The smallest absolute Gasteiger partial charge is 0.320 e. The van der Waals surface area contributed by atoms with E-state index in [1.165, 1.54) is 17.8 Å². The summed E-state index contributed by atoms with van der Waals surface area (Å²) in [5, 5.41) is 0. The number of amides is 3. The first-order valence-corrected chi connectivity index (χ1v) is 9.96. The van der Waals surface area contributed by atoms with E-state index in [4.69, 9.17) is 0 Å². The Labute approximate surface area is 170 Å². The number of piperazine rings is 1. The quantitative estimate of drug-likeness (QED) is 0.780. The number of carbonyl (C=O) groups is 2. The standard InChI is InChI=1S/C22H25FN4O2/c23-19-8-6-18(7-9-19)16-26-14-15-27(22(26)29)17-21(28)25-12-10-24(11-13-25)20-4-2-1-3-5-20/h1-9H,10-17H2. The highest BCUT2D eigenvalue weighted by Crippen LogP contribution is 2.17. The number of carbonyl (C=O) groups excluding carboxylic acids is 2. The van der Waals surface area contributed by atoms with E-state index in [2.05, 4.69) is 17.0 Å². The molecule has 2 aromatic rings. The van der Waals surface area contributed by atoms with E-state index in [1.54, 1.807) is 21.9 Å². The zero-order chi connectivity index (χ0) is 20.2. The maximum atomic E-state index is 13.0. The Morgan fingerprint density at radius 2 is 1.48 bits per heavy atom. The van der Waals surface area contributed by atoms with Gasteiger partial charge in [-0.05, 0) is 29.8 Å². The summed E-state index contributed by atoms with van der Waals surface area (Å²) in [6.45, 7) is 4.57. The summed E-state index contributed by atoms with van der Waals surface area (Å²) in [5.41, 5.74) is 2.05. The third-order valence-electron chi connectivity index (χ3n) is 5.55. The molecule has 2 heterocycles. The molecule has 0 atom stereocenters. The first kappa shape index (κ1) is 19.2. The van der Waals surface area contributed by atoms with Gasteiger partial charge in [-0.25, -0.2) is 9.18 Å². The van der Waals surface area contributed by atoms with E-state index in [0.29, 0.717) is 32.7 Å². The Hall–Kier alpha value is -3.09. The number of rotatable bonds is 5. The Kier molecular flexibility index (Phi) is 5.64. The molecule has 0 bridgehead atoms. The van der Waals surface area contributed by atoms with Crippen LogP contribution in [0.1, 0.15) is 5.56 Å². The van der Waals surface area contributed by atoms with E-state index in [0.717, 1.165) is 18.7 Å². The summed E-state index contributed by atoms with van der Waals surface area (Å²) >= 11 is 0. The molecule has 0 N–H and O–H groups in total. The summed E-state index contributed by atoms with van der Waals surface area (Å²) in [5.74, 6) is -0.296. The van der Waals surface area contributed by atoms with Crippen molar-refractivity contribution in [2.75, 3.05) is 50.7 Å². The topological polar surface area (TPSA) is 47.1 Å². The van der Waals surface area contributed by atoms with Crippen molar-refractivity contribution in [3.05, 3.63) is 66.0 Å². The van der Waals surface area contributed by atoms with Gasteiger partial charge in [-0.2, -0.15) is 0 Å². The molecule has 0 radical (unpaired) electrons. The van der Waals surface area contributed by atoms with Crippen molar-refractivity contribution in [3.63, 3.8) is 0 Å². The second kappa shape index (κ2) is 8.51. The number of nitrogens with zero attached hydrogens (tertiary/aromatic N) is 4. The fourth-order valence-corrected chi connectivity index (χ4v) is 3.85. The van der Waals surface area contributed by atoms with Gasteiger partial charge in [0.25, 0.3) is 0 Å². The Bertz CT molecular complexity index is 851. The van der Waals surface area contributed by atoms with Crippen LogP contribution in [0.5, 0.6) is 0 Å². The monoisotopic (exact) mass is 396 g/mol. The minimum absolute atomic E-state index is 0.00491. The maximum absolute atomic E-state index is 13.0. The molecule has 4 rings (SSSR count). The van der Waals surface area contributed by atoms with Crippen LogP contribution in [0.4, 0.5) is 14.9 Å². The van der Waals surface area contributed by atoms with Crippen LogP contribution in [0.25, 0.3) is 0 Å². The van der Waals surface area contributed by atoms with Gasteiger partial charge in [0.05, 0.1) is 0 Å². The van der Waals surface area contributed by atoms with Crippen molar-refractivity contribution in [3.8, 4) is 0 Å². The summed E-state index contributed by atoms with van der Waals surface area (Å²) in [4.78, 5) is 32.8. The second-order valence-electron chi connectivity index (χ2n) is 7.46. The number of hydrogen-bond donors (Lipinski definition) is 0. The number of benzene rings is 2. The SMILES string of the molecule is O=C(CN1CCN(Cc2ccc(F)cc2)C1=O)N1CCN(c2ccccc2)CC1. The van der Waals surface area contributed by atoms with Crippen LogP contribution >= 0.6 is 0 Å². The van der Waals surface area contributed by atoms with Gasteiger partial charge in [-0.1, -0.05) is 30.3 Å². The van der Waals surface area contributed by atoms with Gasteiger partial charge in [0.1, 0.15) is 12.4 Å². The fourth-order valence-electron chi connectivity index (χ4n) is 3.85. The summed E-state index contributed by atoms with van der Waals surface area (Å²) in [6, 6.07) is 16.2. The number of hydrogen-bond acceptors (Lipinski definition) is 3. The van der Waals surface area contributed by atoms with Gasteiger partial charge in [0.2, 0.25) is 5.91 Å². The molecule has 2 fully saturated rings. The molecular formula is C22H25FN4O2. The first-order valence-electron chi connectivity index (χ1n) is 9.96. The van der Waals surface area contributed by atoms with Crippen molar-refractivity contribution in [1.82, 2.24) is 14.7 Å². The molecule has 29 heavy (non-hydrogen) atoms. The number of anilines is 1. The van der Waals surface area contributed by atoms with E-state index in [9.17, 15) is 14.0 Å². The van der Waals surface area contributed by atoms with Crippen LogP contribution in [0, 0.1) is 5.82 Å². The highest BCUT2D eigenvalue weighted by atomic mass is 19.1. The molecule has 0 aromatic heterocycles. The van der Waals surface area contributed by atoms with Crippen LogP contribution < -0.4 is 4.90 Å². The zero-order valence-electron chi connectivity index (χ0n) is 16.3.